The Morgan fingerprint density at radius 2 is 1.83 bits per heavy atom. The number of carbonyl (C=O) groups is 2. The van der Waals surface area contributed by atoms with Gasteiger partial charge in [0.25, 0.3) is 5.91 Å². The van der Waals surface area contributed by atoms with E-state index in [1.165, 1.54) is 18.2 Å². The second-order valence-corrected chi connectivity index (χ2v) is 6.46. The van der Waals surface area contributed by atoms with E-state index in [0.29, 0.717) is 11.3 Å². The van der Waals surface area contributed by atoms with Gasteiger partial charge in [-0.05, 0) is 62.4 Å². The lowest BCUT2D eigenvalue weighted by Gasteiger charge is -2.05. The van der Waals surface area contributed by atoms with Gasteiger partial charge in [0.15, 0.2) is 0 Å². The molecule has 1 aromatic heterocycles. The first-order chi connectivity index (χ1) is 13.9. The molecule has 3 aromatic rings. The molecule has 1 heterocycles. The van der Waals surface area contributed by atoms with Crippen molar-refractivity contribution in [2.24, 2.45) is 0 Å². The number of carbonyl (C=O) groups excluding carboxylic acids is 2. The molecule has 0 aliphatic carbocycles. The number of benzene rings is 2. The van der Waals surface area contributed by atoms with Crippen molar-refractivity contribution in [3.05, 3.63) is 82.9 Å². The molecule has 0 saturated carbocycles. The van der Waals surface area contributed by atoms with Crippen molar-refractivity contribution in [3.8, 4) is 5.69 Å². The van der Waals surface area contributed by atoms with Gasteiger partial charge in [0.2, 0.25) is 5.91 Å². The first-order valence-corrected chi connectivity index (χ1v) is 9.02. The van der Waals surface area contributed by atoms with E-state index in [1.807, 2.05) is 13.8 Å². The molecule has 29 heavy (non-hydrogen) atoms. The van der Waals surface area contributed by atoms with Gasteiger partial charge in [-0.2, -0.15) is 5.10 Å². The van der Waals surface area contributed by atoms with Crippen LogP contribution in [0.4, 0.5) is 10.1 Å². The number of nitrogens with one attached hydrogen (secondary N) is 2. The zero-order valence-corrected chi connectivity index (χ0v) is 16.4. The third kappa shape index (κ3) is 4.57. The molecule has 0 atom stereocenters. The van der Waals surface area contributed by atoms with Crippen LogP contribution in [0, 0.1) is 19.7 Å². The van der Waals surface area contributed by atoms with Crippen LogP contribution < -0.4 is 10.6 Å². The molecule has 0 bridgehead atoms. The fourth-order valence-corrected chi connectivity index (χ4v) is 2.96. The highest BCUT2D eigenvalue weighted by Crippen LogP contribution is 2.20. The summed E-state index contributed by atoms with van der Waals surface area (Å²) in [5.74, 6) is -0.865. The van der Waals surface area contributed by atoms with Crippen molar-refractivity contribution in [1.82, 2.24) is 15.1 Å². The monoisotopic (exact) mass is 392 g/mol. The number of hydrogen-bond acceptors (Lipinski definition) is 3. The lowest BCUT2D eigenvalue weighted by molar-refractivity contribution is -0.111. The van der Waals surface area contributed by atoms with Crippen molar-refractivity contribution >= 4 is 23.6 Å². The van der Waals surface area contributed by atoms with Crippen LogP contribution in [0.1, 0.15) is 27.3 Å². The lowest BCUT2D eigenvalue weighted by Crippen LogP contribution is -2.18. The smallest absolute Gasteiger partial charge is 0.251 e. The molecule has 148 valence electrons. The molecule has 2 aromatic carbocycles. The molecule has 2 amide bonds. The standard InChI is InChI=1S/C22H21FN4O2/c1-14-20(15(2)27(26-14)19-9-7-17(23)8-10-19)11-12-21(28)25-18-6-4-5-16(13-18)22(29)24-3/h4-13H,1-3H3,(H,24,29)(H,25,28)/b12-11+. The van der Waals surface area contributed by atoms with Crippen molar-refractivity contribution in [2.45, 2.75) is 13.8 Å². The largest absolute Gasteiger partial charge is 0.355 e. The Hall–Kier alpha value is -3.74. The summed E-state index contributed by atoms with van der Waals surface area (Å²) in [5, 5.41) is 9.76. The third-order valence-corrected chi connectivity index (χ3v) is 4.44. The number of aromatic nitrogens is 2. The van der Waals surface area contributed by atoms with Gasteiger partial charge in [0.1, 0.15) is 5.82 Å². The quantitative estimate of drug-likeness (QED) is 0.651. The lowest BCUT2D eigenvalue weighted by atomic mass is 10.1. The van der Waals surface area contributed by atoms with Crippen LogP contribution in [-0.2, 0) is 4.79 Å². The van der Waals surface area contributed by atoms with Crippen LogP contribution in [0.15, 0.2) is 54.6 Å². The highest BCUT2D eigenvalue weighted by atomic mass is 19.1. The maximum Gasteiger partial charge on any atom is 0.251 e. The number of amides is 2. The molecule has 2 N–H and O–H groups in total. The number of hydrogen-bond donors (Lipinski definition) is 2. The maximum atomic E-state index is 13.2. The minimum atomic E-state index is -0.326. The number of aryl methyl sites for hydroxylation is 1. The highest BCUT2D eigenvalue weighted by Gasteiger charge is 2.11. The molecule has 0 saturated heterocycles. The first kappa shape index (κ1) is 20.0. The van der Waals surface area contributed by atoms with E-state index >= 15 is 0 Å². The first-order valence-electron chi connectivity index (χ1n) is 9.02. The summed E-state index contributed by atoms with van der Waals surface area (Å²) in [4.78, 5) is 24.0. The average molecular weight is 392 g/mol. The Labute approximate surface area is 168 Å². The Kier molecular flexibility index (Phi) is 5.87. The van der Waals surface area contributed by atoms with Gasteiger partial charge in [-0.1, -0.05) is 6.07 Å². The molecule has 0 fully saturated rings. The molecular formula is C22H21FN4O2. The third-order valence-electron chi connectivity index (χ3n) is 4.44. The van der Waals surface area contributed by atoms with E-state index in [0.717, 1.165) is 22.6 Å². The SMILES string of the molecule is CNC(=O)c1cccc(NC(=O)/C=C/c2c(C)nn(-c3ccc(F)cc3)c2C)c1. The molecule has 0 aliphatic heterocycles. The molecule has 0 radical (unpaired) electrons. The van der Waals surface area contributed by atoms with E-state index in [2.05, 4.69) is 15.7 Å². The van der Waals surface area contributed by atoms with Gasteiger partial charge in [-0.25, -0.2) is 9.07 Å². The fourth-order valence-electron chi connectivity index (χ4n) is 2.96. The van der Waals surface area contributed by atoms with Gasteiger partial charge in [-0.15, -0.1) is 0 Å². The van der Waals surface area contributed by atoms with Gasteiger partial charge in [-0.3, -0.25) is 9.59 Å². The Balaban J connectivity index is 1.77. The number of nitrogens with zero attached hydrogens (tertiary/aromatic N) is 2. The minimum Gasteiger partial charge on any atom is -0.355 e. The Bertz CT molecular complexity index is 1080. The summed E-state index contributed by atoms with van der Waals surface area (Å²) >= 11 is 0. The van der Waals surface area contributed by atoms with Gasteiger partial charge < -0.3 is 10.6 Å². The van der Waals surface area contributed by atoms with E-state index in [1.54, 1.807) is 54.2 Å². The van der Waals surface area contributed by atoms with Gasteiger partial charge in [0.05, 0.1) is 11.4 Å². The summed E-state index contributed by atoms with van der Waals surface area (Å²) in [6, 6.07) is 12.7. The number of rotatable bonds is 5. The van der Waals surface area contributed by atoms with Crippen LogP contribution in [0.2, 0.25) is 0 Å². The molecule has 0 unspecified atom stereocenters. The van der Waals surface area contributed by atoms with Crippen LogP contribution in [0.5, 0.6) is 0 Å². The van der Waals surface area contributed by atoms with Crippen molar-refractivity contribution < 1.29 is 14.0 Å². The van der Waals surface area contributed by atoms with E-state index in [-0.39, 0.29) is 17.6 Å². The predicted molar refractivity (Wildman–Crippen MR) is 110 cm³/mol. The molecular weight excluding hydrogens is 371 g/mol. The fraction of sp³-hybridized carbons (Fsp3) is 0.136. The summed E-state index contributed by atoms with van der Waals surface area (Å²) in [6.07, 6.45) is 3.11. The van der Waals surface area contributed by atoms with Gasteiger partial charge >= 0.3 is 0 Å². The number of anilines is 1. The van der Waals surface area contributed by atoms with E-state index in [4.69, 9.17) is 0 Å². The normalized spacial score (nSPS) is 10.9. The summed E-state index contributed by atoms with van der Waals surface area (Å²) in [7, 11) is 1.55. The van der Waals surface area contributed by atoms with E-state index < -0.39 is 0 Å². The average Bonchev–Trinajstić information content (AvgIpc) is 3.00. The second kappa shape index (κ2) is 8.52. The molecule has 7 heteroatoms. The highest BCUT2D eigenvalue weighted by molar-refractivity contribution is 6.03. The van der Waals surface area contributed by atoms with E-state index in [9.17, 15) is 14.0 Å². The topological polar surface area (TPSA) is 76.0 Å². The van der Waals surface area contributed by atoms with Crippen molar-refractivity contribution in [3.63, 3.8) is 0 Å². The van der Waals surface area contributed by atoms with Crippen molar-refractivity contribution in [2.75, 3.05) is 12.4 Å². The molecule has 0 spiro atoms. The molecule has 6 nitrogen and oxygen atoms in total. The Morgan fingerprint density at radius 1 is 1.10 bits per heavy atom. The molecule has 3 rings (SSSR count). The number of halogens is 1. The Morgan fingerprint density at radius 3 is 2.52 bits per heavy atom. The van der Waals surface area contributed by atoms with Crippen molar-refractivity contribution in [1.29, 1.82) is 0 Å². The molecule has 0 aliphatic rings. The zero-order chi connectivity index (χ0) is 21.0. The van der Waals surface area contributed by atoms with Crippen LogP contribution >= 0.6 is 0 Å². The zero-order valence-electron chi connectivity index (χ0n) is 16.4. The van der Waals surface area contributed by atoms with Crippen LogP contribution in [0.3, 0.4) is 0 Å². The predicted octanol–water partition coefficient (Wildman–Crippen LogP) is 3.64. The summed E-state index contributed by atoms with van der Waals surface area (Å²) < 4.78 is 14.9. The van der Waals surface area contributed by atoms with Crippen LogP contribution in [0.25, 0.3) is 11.8 Å². The summed E-state index contributed by atoms with van der Waals surface area (Å²) in [6.45, 7) is 3.73. The summed E-state index contributed by atoms with van der Waals surface area (Å²) in [5.41, 5.74) is 4.11. The van der Waals surface area contributed by atoms with Gasteiger partial charge in [0, 0.05) is 35.6 Å². The maximum absolute atomic E-state index is 13.2. The minimum absolute atomic E-state index is 0.226. The second-order valence-electron chi connectivity index (χ2n) is 6.46. The van der Waals surface area contributed by atoms with Crippen LogP contribution in [-0.4, -0.2) is 28.6 Å².